The Bertz CT molecular complexity index is 995. The van der Waals surface area contributed by atoms with Gasteiger partial charge in [-0.2, -0.15) is 0 Å². The summed E-state index contributed by atoms with van der Waals surface area (Å²) in [5.74, 6) is -0.800. The molecule has 30 heavy (non-hydrogen) atoms. The maximum atomic E-state index is 13.3. The van der Waals surface area contributed by atoms with Gasteiger partial charge in [-0.3, -0.25) is 19.3 Å². The standard InChI is InChI=1S/C21H22ClN3O5/c1-3-30-20(27)12-25-17-11-14(22)5-7-16(17)24(9-8-19(25)26)21(28)13-4-6-15(23)18(10-13)29-2/h4-7,10-11H,3,8-9,12,23H2,1-2H3. The number of fused-ring (bicyclic) bond motifs is 1. The Morgan fingerprint density at radius 2 is 1.93 bits per heavy atom. The number of anilines is 3. The van der Waals surface area contributed by atoms with Crippen molar-refractivity contribution >= 4 is 46.4 Å². The van der Waals surface area contributed by atoms with E-state index in [4.69, 9.17) is 26.8 Å². The lowest BCUT2D eigenvalue weighted by Gasteiger charge is -2.25. The van der Waals surface area contributed by atoms with Crippen LogP contribution in [0.25, 0.3) is 0 Å². The Labute approximate surface area is 179 Å². The number of hydrogen-bond acceptors (Lipinski definition) is 6. The fourth-order valence-corrected chi connectivity index (χ4v) is 3.42. The smallest absolute Gasteiger partial charge is 0.326 e. The van der Waals surface area contributed by atoms with Gasteiger partial charge in [-0.25, -0.2) is 0 Å². The predicted octanol–water partition coefficient (Wildman–Crippen LogP) is 2.88. The molecule has 1 aliphatic rings. The number of carbonyl (C=O) groups excluding carboxylic acids is 3. The number of rotatable bonds is 5. The molecule has 0 aromatic heterocycles. The number of nitrogens with zero attached hydrogens (tertiary/aromatic N) is 2. The van der Waals surface area contributed by atoms with Gasteiger partial charge in [0.15, 0.2) is 0 Å². The van der Waals surface area contributed by atoms with Crippen molar-refractivity contribution in [2.45, 2.75) is 13.3 Å². The molecule has 8 nitrogen and oxygen atoms in total. The third kappa shape index (κ3) is 4.33. The largest absolute Gasteiger partial charge is 0.495 e. The molecule has 0 atom stereocenters. The lowest BCUT2D eigenvalue weighted by molar-refractivity contribution is -0.142. The van der Waals surface area contributed by atoms with Crippen LogP contribution in [0, 0.1) is 0 Å². The molecular formula is C21H22ClN3O5. The molecule has 1 heterocycles. The Hall–Kier alpha value is -3.26. The summed E-state index contributed by atoms with van der Waals surface area (Å²) in [7, 11) is 1.47. The van der Waals surface area contributed by atoms with Gasteiger partial charge in [0.25, 0.3) is 5.91 Å². The molecular weight excluding hydrogens is 410 g/mol. The van der Waals surface area contributed by atoms with Crippen LogP contribution in [0.4, 0.5) is 17.1 Å². The number of amides is 2. The number of esters is 1. The summed E-state index contributed by atoms with van der Waals surface area (Å²) in [4.78, 5) is 40.9. The molecule has 0 fully saturated rings. The van der Waals surface area contributed by atoms with Crippen LogP contribution >= 0.6 is 11.6 Å². The number of hydrogen-bond donors (Lipinski definition) is 1. The molecule has 0 saturated heterocycles. The summed E-state index contributed by atoms with van der Waals surface area (Å²) in [6.07, 6.45) is 0.0313. The fraction of sp³-hybridized carbons (Fsp3) is 0.286. The van der Waals surface area contributed by atoms with Crippen molar-refractivity contribution in [3.63, 3.8) is 0 Å². The highest BCUT2D eigenvalue weighted by Crippen LogP contribution is 2.36. The van der Waals surface area contributed by atoms with Gasteiger partial charge in [-0.05, 0) is 43.3 Å². The Morgan fingerprint density at radius 1 is 1.17 bits per heavy atom. The van der Waals surface area contributed by atoms with Gasteiger partial charge in [0, 0.05) is 23.6 Å². The van der Waals surface area contributed by atoms with Crippen molar-refractivity contribution in [2.24, 2.45) is 0 Å². The molecule has 0 spiro atoms. The van der Waals surface area contributed by atoms with Crippen molar-refractivity contribution < 1.29 is 23.9 Å². The second-order valence-electron chi connectivity index (χ2n) is 6.58. The van der Waals surface area contributed by atoms with Crippen LogP contribution < -0.4 is 20.3 Å². The van der Waals surface area contributed by atoms with E-state index in [1.54, 1.807) is 43.3 Å². The number of methoxy groups -OCH3 is 1. The average molecular weight is 432 g/mol. The topological polar surface area (TPSA) is 102 Å². The lowest BCUT2D eigenvalue weighted by atomic mass is 10.1. The zero-order valence-electron chi connectivity index (χ0n) is 16.7. The zero-order chi connectivity index (χ0) is 21.8. The van der Waals surface area contributed by atoms with Gasteiger partial charge >= 0.3 is 5.97 Å². The molecule has 2 aromatic rings. The molecule has 0 radical (unpaired) electrons. The molecule has 9 heteroatoms. The molecule has 1 aliphatic heterocycles. The number of ether oxygens (including phenoxy) is 2. The van der Waals surface area contributed by atoms with E-state index in [-0.39, 0.29) is 37.9 Å². The molecule has 0 bridgehead atoms. The first kappa shape index (κ1) is 21.4. The van der Waals surface area contributed by atoms with Crippen LogP contribution in [-0.4, -0.2) is 44.6 Å². The number of nitrogens with two attached hydrogens (primary N) is 1. The number of carbonyl (C=O) groups is 3. The highest BCUT2D eigenvalue weighted by Gasteiger charge is 2.31. The second-order valence-corrected chi connectivity index (χ2v) is 7.02. The third-order valence-corrected chi connectivity index (χ3v) is 4.92. The summed E-state index contributed by atoms with van der Waals surface area (Å²) in [5, 5.41) is 0.374. The van der Waals surface area contributed by atoms with Crippen LogP contribution in [-0.2, 0) is 14.3 Å². The lowest BCUT2D eigenvalue weighted by Crippen LogP contribution is -2.36. The number of nitrogen functional groups attached to an aromatic ring is 1. The number of benzene rings is 2. The van der Waals surface area contributed by atoms with Crippen molar-refractivity contribution in [2.75, 3.05) is 42.3 Å². The van der Waals surface area contributed by atoms with E-state index in [0.717, 1.165) is 0 Å². The Morgan fingerprint density at radius 3 is 2.63 bits per heavy atom. The van der Waals surface area contributed by atoms with Crippen molar-refractivity contribution in [3.8, 4) is 5.75 Å². The highest BCUT2D eigenvalue weighted by atomic mass is 35.5. The van der Waals surface area contributed by atoms with E-state index in [2.05, 4.69) is 0 Å². The van der Waals surface area contributed by atoms with Crippen LogP contribution in [0.2, 0.25) is 5.02 Å². The minimum Gasteiger partial charge on any atom is -0.495 e. The van der Waals surface area contributed by atoms with E-state index in [0.29, 0.717) is 33.4 Å². The van der Waals surface area contributed by atoms with Gasteiger partial charge in [0.1, 0.15) is 12.3 Å². The summed E-state index contributed by atoms with van der Waals surface area (Å²) < 4.78 is 10.2. The highest BCUT2D eigenvalue weighted by molar-refractivity contribution is 6.31. The fourth-order valence-electron chi connectivity index (χ4n) is 3.26. The van der Waals surface area contributed by atoms with E-state index in [1.165, 1.54) is 16.9 Å². The van der Waals surface area contributed by atoms with Gasteiger partial charge in [0.05, 0.1) is 30.8 Å². The maximum Gasteiger partial charge on any atom is 0.326 e. The first-order valence-electron chi connectivity index (χ1n) is 9.36. The van der Waals surface area contributed by atoms with Gasteiger partial charge in [-0.1, -0.05) is 11.6 Å². The van der Waals surface area contributed by atoms with Crippen molar-refractivity contribution in [1.82, 2.24) is 0 Å². The monoisotopic (exact) mass is 431 g/mol. The molecule has 2 amide bonds. The normalized spacial score (nSPS) is 13.5. The van der Waals surface area contributed by atoms with Crippen LogP contribution in [0.15, 0.2) is 36.4 Å². The summed E-state index contributed by atoms with van der Waals surface area (Å²) in [5.41, 5.74) is 7.45. The molecule has 0 saturated carbocycles. The van der Waals surface area contributed by atoms with Gasteiger partial charge in [0.2, 0.25) is 5.91 Å². The Kier molecular flexibility index (Phi) is 6.47. The molecule has 0 aliphatic carbocycles. The number of halogens is 1. The maximum absolute atomic E-state index is 13.3. The first-order chi connectivity index (χ1) is 14.3. The molecule has 158 valence electrons. The van der Waals surface area contributed by atoms with E-state index in [1.807, 2.05) is 0 Å². The van der Waals surface area contributed by atoms with E-state index in [9.17, 15) is 14.4 Å². The Balaban J connectivity index is 2.03. The van der Waals surface area contributed by atoms with E-state index < -0.39 is 5.97 Å². The van der Waals surface area contributed by atoms with Crippen molar-refractivity contribution in [1.29, 1.82) is 0 Å². The zero-order valence-corrected chi connectivity index (χ0v) is 17.4. The molecule has 3 rings (SSSR count). The quantitative estimate of drug-likeness (QED) is 0.577. The van der Waals surface area contributed by atoms with Crippen molar-refractivity contribution in [3.05, 3.63) is 47.0 Å². The van der Waals surface area contributed by atoms with Crippen LogP contribution in [0.3, 0.4) is 0 Å². The predicted molar refractivity (Wildman–Crippen MR) is 114 cm³/mol. The summed E-state index contributed by atoms with van der Waals surface area (Å²) >= 11 is 6.15. The molecule has 2 N–H and O–H groups in total. The molecule has 2 aromatic carbocycles. The second kappa shape index (κ2) is 9.04. The van der Waals surface area contributed by atoms with Gasteiger partial charge in [-0.15, -0.1) is 0 Å². The first-order valence-corrected chi connectivity index (χ1v) is 9.74. The van der Waals surface area contributed by atoms with Gasteiger partial charge < -0.3 is 20.1 Å². The van der Waals surface area contributed by atoms with Crippen LogP contribution in [0.1, 0.15) is 23.7 Å². The SMILES string of the molecule is CCOC(=O)CN1C(=O)CCN(C(=O)c2ccc(N)c(OC)c2)c2ccc(Cl)cc21. The summed E-state index contributed by atoms with van der Waals surface area (Å²) in [6.45, 7) is 1.76. The summed E-state index contributed by atoms with van der Waals surface area (Å²) in [6, 6.07) is 9.58. The van der Waals surface area contributed by atoms with Crippen LogP contribution in [0.5, 0.6) is 5.75 Å². The van der Waals surface area contributed by atoms with E-state index >= 15 is 0 Å². The average Bonchev–Trinajstić information content (AvgIpc) is 2.85. The minimum absolute atomic E-state index is 0.0313. The third-order valence-electron chi connectivity index (χ3n) is 4.69. The minimum atomic E-state index is -0.542. The molecule has 0 unspecified atom stereocenters.